The van der Waals surface area contributed by atoms with Crippen molar-refractivity contribution < 1.29 is 14.6 Å². The Morgan fingerprint density at radius 1 is 1.62 bits per heavy atom. The van der Waals surface area contributed by atoms with Crippen LogP contribution in [-0.2, 0) is 0 Å². The normalized spacial score (nSPS) is 9.23. The van der Waals surface area contributed by atoms with Crippen LogP contribution in [0.1, 0.15) is 10.5 Å². The van der Waals surface area contributed by atoms with E-state index in [0.29, 0.717) is 6.61 Å². The molecule has 0 aliphatic heterocycles. The van der Waals surface area contributed by atoms with Gasteiger partial charge in [0, 0.05) is 0 Å². The number of hydrogen-bond acceptors (Lipinski definition) is 4. The Labute approximate surface area is 74.7 Å². The van der Waals surface area contributed by atoms with Gasteiger partial charge in [0.2, 0.25) is 5.88 Å². The van der Waals surface area contributed by atoms with Gasteiger partial charge < -0.3 is 9.84 Å². The lowest BCUT2D eigenvalue weighted by molar-refractivity contribution is 0.0690. The third-order valence-electron chi connectivity index (χ3n) is 1.20. The summed E-state index contributed by atoms with van der Waals surface area (Å²) in [7, 11) is 0. The zero-order valence-electron chi connectivity index (χ0n) is 6.80. The van der Waals surface area contributed by atoms with Crippen LogP contribution < -0.4 is 4.74 Å². The highest BCUT2D eigenvalue weighted by atomic mass is 16.5. The molecule has 0 aliphatic rings. The van der Waals surface area contributed by atoms with Crippen LogP contribution in [0.15, 0.2) is 25.0 Å². The van der Waals surface area contributed by atoms with Gasteiger partial charge in [0.05, 0.1) is 12.4 Å². The van der Waals surface area contributed by atoms with Gasteiger partial charge >= 0.3 is 5.97 Å². The van der Waals surface area contributed by atoms with E-state index in [1.165, 1.54) is 6.20 Å². The first kappa shape index (κ1) is 9.18. The number of carbonyl (C=O) groups is 1. The standard InChI is InChI=1S/C8H8N2O3/c1-2-3-13-7-5-9-6(4-10-7)8(11)12/h2,4-5H,1,3H2,(H,11,12). The Balaban J connectivity index is 2.69. The predicted octanol–water partition coefficient (Wildman–Crippen LogP) is 0.740. The molecule has 0 atom stereocenters. The van der Waals surface area contributed by atoms with Crippen molar-refractivity contribution in [1.82, 2.24) is 9.97 Å². The fourth-order valence-electron chi connectivity index (χ4n) is 0.645. The molecule has 1 heterocycles. The number of aromatic carboxylic acids is 1. The molecule has 5 heteroatoms. The van der Waals surface area contributed by atoms with Crippen LogP contribution in [0.2, 0.25) is 0 Å². The van der Waals surface area contributed by atoms with E-state index < -0.39 is 5.97 Å². The Morgan fingerprint density at radius 2 is 2.38 bits per heavy atom. The van der Waals surface area contributed by atoms with Gasteiger partial charge in [-0.25, -0.2) is 14.8 Å². The molecule has 0 bridgehead atoms. The molecule has 0 aliphatic carbocycles. The smallest absolute Gasteiger partial charge is 0.356 e. The third kappa shape index (κ3) is 2.55. The summed E-state index contributed by atoms with van der Waals surface area (Å²) >= 11 is 0. The quantitative estimate of drug-likeness (QED) is 0.692. The molecular weight excluding hydrogens is 172 g/mol. The van der Waals surface area contributed by atoms with Gasteiger partial charge in [0.15, 0.2) is 5.69 Å². The zero-order valence-corrected chi connectivity index (χ0v) is 6.80. The number of aromatic nitrogens is 2. The van der Waals surface area contributed by atoms with E-state index in [0.717, 1.165) is 6.20 Å². The Bertz CT molecular complexity index is 308. The largest absolute Gasteiger partial charge is 0.476 e. The molecule has 68 valence electrons. The van der Waals surface area contributed by atoms with Crippen molar-refractivity contribution in [3.05, 3.63) is 30.7 Å². The molecule has 0 radical (unpaired) electrons. The first-order chi connectivity index (χ1) is 6.24. The molecule has 0 unspecified atom stereocenters. The number of ether oxygens (including phenoxy) is 1. The summed E-state index contributed by atoms with van der Waals surface area (Å²) in [4.78, 5) is 17.7. The fraction of sp³-hybridized carbons (Fsp3) is 0.125. The fourth-order valence-corrected chi connectivity index (χ4v) is 0.645. The molecule has 1 rings (SSSR count). The lowest BCUT2D eigenvalue weighted by Gasteiger charge is -2.00. The van der Waals surface area contributed by atoms with Crippen molar-refractivity contribution in [1.29, 1.82) is 0 Å². The van der Waals surface area contributed by atoms with Crippen LogP contribution >= 0.6 is 0 Å². The average molecular weight is 180 g/mol. The van der Waals surface area contributed by atoms with Crippen molar-refractivity contribution in [2.75, 3.05) is 6.61 Å². The van der Waals surface area contributed by atoms with Crippen LogP contribution in [0.4, 0.5) is 0 Å². The van der Waals surface area contributed by atoms with E-state index in [2.05, 4.69) is 16.5 Å². The molecule has 5 nitrogen and oxygen atoms in total. The van der Waals surface area contributed by atoms with Gasteiger partial charge in [-0.15, -0.1) is 0 Å². The molecule has 13 heavy (non-hydrogen) atoms. The minimum absolute atomic E-state index is 0.106. The summed E-state index contributed by atoms with van der Waals surface area (Å²) in [6.45, 7) is 3.77. The summed E-state index contributed by atoms with van der Waals surface area (Å²) in [6, 6.07) is 0. The SMILES string of the molecule is C=CCOc1cnc(C(=O)O)cn1. The molecule has 0 amide bonds. The number of carboxylic acids is 1. The highest BCUT2D eigenvalue weighted by Gasteiger charge is 2.04. The van der Waals surface area contributed by atoms with Gasteiger partial charge in [0.1, 0.15) is 6.61 Å². The van der Waals surface area contributed by atoms with E-state index in [1.54, 1.807) is 6.08 Å². The van der Waals surface area contributed by atoms with Gasteiger partial charge in [-0.3, -0.25) is 0 Å². The van der Waals surface area contributed by atoms with Gasteiger partial charge in [0.25, 0.3) is 0 Å². The molecule has 0 aromatic carbocycles. The van der Waals surface area contributed by atoms with Crippen LogP contribution in [0, 0.1) is 0 Å². The van der Waals surface area contributed by atoms with E-state index in [4.69, 9.17) is 9.84 Å². The number of rotatable bonds is 4. The number of nitrogens with zero attached hydrogens (tertiary/aromatic N) is 2. The Hall–Kier alpha value is -1.91. The molecular formula is C8H8N2O3. The summed E-state index contributed by atoms with van der Waals surface area (Å²) < 4.78 is 5.01. The van der Waals surface area contributed by atoms with Crippen molar-refractivity contribution in [2.24, 2.45) is 0 Å². The van der Waals surface area contributed by atoms with Crippen molar-refractivity contribution in [2.45, 2.75) is 0 Å². The topological polar surface area (TPSA) is 72.3 Å². The summed E-state index contributed by atoms with van der Waals surface area (Å²) in [6.07, 6.45) is 3.96. The van der Waals surface area contributed by atoms with Gasteiger partial charge in [-0.1, -0.05) is 12.7 Å². The lowest BCUT2D eigenvalue weighted by Crippen LogP contribution is -2.02. The maximum absolute atomic E-state index is 10.4. The number of hydrogen-bond donors (Lipinski definition) is 1. The Morgan fingerprint density at radius 3 is 2.85 bits per heavy atom. The summed E-state index contributed by atoms with van der Waals surface area (Å²) in [5.41, 5.74) is -0.106. The Kier molecular flexibility index (Phi) is 2.97. The van der Waals surface area contributed by atoms with Gasteiger partial charge in [-0.2, -0.15) is 0 Å². The molecule has 1 N–H and O–H groups in total. The second-order valence-electron chi connectivity index (χ2n) is 2.14. The number of carboxylic acid groups (broad SMARTS) is 1. The predicted molar refractivity (Wildman–Crippen MR) is 44.7 cm³/mol. The monoisotopic (exact) mass is 180 g/mol. The minimum atomic E-state index is -1.11. The molecule has 1 aromatic heterocycles. The van der Waals surface area contributed by atoms with E-state index in [1.807, 2.05) is 0 Å². The minimum Gasteiger partial charge on any atom is -0.476 e. The molecule has 1 aromatic rings. The molecule has 0 saturated heterocycles. The van der Waals surface area contributed by atoms with Crippen LogP contribution in [0.25, 0.3) is 0 Å². The molecule has 0 saturated carbocycles. The lowest BCUT2D eigenvalue weighted by atomic mass is 10.5. The van der Waals surface area contributed by atoms with Crippen LogP contribution in [0.3, 0.4) is 0 Å². The van der Waals surface area contributed by atoms with Crippen LogP contribution in [-0.4, -0.2) is 27.7 Å². The maximum Gasteiger partial charge on any atom is 0.356 e. The third-order valence-corrected chi connectivity index (χ3v) is 1.20. The average Bonchev–Trinajstić information content (AvgIpc) is 2.15. The van der Waals surface area contributed by atoms with Crippen molar-refractivity contribution in [3.63, 3.8) is 0 Å². The highest BCUT2D eigenvalue weighted by molar-refractivity contribution is 5.84. The molecule has 0 fully saturated rings. The first-order valence-corrected chi connectivity index (χ1v) is 3.53. The van der Waals surface area contributed by atoms with Crippen molar-refractivity contribution >= 4 is 5.97 Å². The van der Waals surface area contributed by atoms with Gasteiger partial charge in [-0.05, 0) is 0 Å². The second-order valence-corrected chi connectivity index (χ2v) is 2.14. The zero-order chi connectivity index (χ0) is 9.68. The maximum atomic E-state index is 10.4. The van der Waals surface area contributed by atoms with E-state index >= 15 is 0 Å². The first-order valence-electron chi connectivity index (χ1n) is 3.53. The van der Waals surface area contributed by atoms with Crippen molar-refractivity contribution in [3.8, 4) is 5.88 Å². The summed E-state index contributed by atoms with van der Waals surface area (Å²) in [5.74, 6) is -0.826. The molecule has 0 spiro atoms. The highest BCUT2D eigenvalue weighted by Crippen LogP contribution is 2.03. The second kappa shape index (κ2) is 4.20. The summed E-state index contributed by atoms with van der Waals surface area (Å²) in [5, 5.41) is 8.49. The van der Waals surface area contributed by atoms with Crippen LogP contribution in [0.5, 0.6) is 5.88 Å². The van der Waals surface area contributed by atoms with E-state index in [-0.39, 0.29) is 11.6 Å². The van der Waals surface area contributed by atoms with E-state index in [9.17, 15) is 4.79 Å².